The van der Waals surface area contributed by atoms with Gasteiger partial charge in [0.05, 0.1) is 18.5 Å². The number of methoxy groups -OCH3 is 1. The van der Waals surface area contributed by atoms with Crippen LogP contribution in [0, 0.1) is 19.8 Å². The van der Waals surface area contributed by atoms with Gasteiger partial charge in [-0.3, -0.25) is 4.79 Å². The van der Waals surface area contributed by atoms with Gasteiger partial charge in [0, 0.05) is 63.1 Å². The van der Waals surface area contributed by atoms with Crippen molar-refractivity contribution in [2.24, 2.45) is 5.92 Å². The molecule has 1 amide bonds. The lowest BCUT2D eigenvalue weighted by atomic mass is 9.95. The highest BCUT2D eigenvalue weighted by Crippen LogP contribution is 2.31. The smallest absolute Gasteiger partial charge is 0.225 e. The summed E-state index contributed by atoms with van der Waals surface area (Å²) in [5.74, 6) is 2.18. The molecule has 0 aliphatic carbocycles. The molecule has 0 bridgehead atoms. The van der Waals surface area contributed by atoms with Crippen molar-refractivity contribution in [2.45, 2.75) is 26.7 Å². The Bertz CT molecular complexity index is 1480. The Morgan fingerprint density at radius 1 is 0.923 bits per heavy atom. The quantitative estimate of drug-likeness (QED) is 0.381. The first kappa shape index (κ1) is 25.2. The van der Waals surface area contributed by atoms with Gasteiger partial charge < -0.3 is 19.4 Å². The van der Waals surface area contributed by atoms with Crippen molar-refractivity contribution in [2.75, 3.05) is 56.2 Å². The summed E-state index contributed by atoms with van der Waals surface area (Å²) in [5, 5.41) is 4.85. The summed E-state index contributed by atoms with van der Waals surface area (Å²) in [7, 11) is 1.71. The van der Waals surface area contributed by atoms with Gasteiger partial charge in [-0.2, -0.15) is 5.10 Å². The van der Waals surface area contributed by atoms with E-state index in [9.17, 15) is 4.79 Å². The maximum absolute atomic E-state index is 13.4. The molecular weight excluding hydrogens is 488 g/mol. The largest absolute Gasteiger partial charge is 0.495 e. The van der Waals surface area contributed by atoms with Gasteiger partial charge in [0.15, 0.2) is 5.82 Å². The summed E-state index contributed by atoms with van der Waals surface area (Å²) in [6, 6.07) is 16.7. The van der Waals surface area contributed by atoms with Gasteiger partial charge in [-0.1, -0.05) is 35.9 Å². The predicted molar refractivity (Wildman–Crippen MR) is 155 cm³/mol. The SMILES string of the molecule is COc1ccccc1N1CCN(C(=O)C2CCN(c3nccn4nc(-c5ccc(C)cc5C)cc34)CC2)CC1. The fraction of sp³-hybridized carbons (Fsp3) is 0.387. The Morgan fingerprint density at radius 2 is 1.69 bits per heavy atom. The molecule has 2 aromatic carbocycles. The lowest BCUT2D eigenvalue weighted by Crippen LogP contribution is -2.51. The molecule has 0 N–H and O–H groups in total. The molecule has 2 fully saturated rings. The van der Waals surface area contributed by atoms with E-state index in [0.717, 1.165) is 86.1 Å². The van der Waals surface area contributed by atoms with Crippen LogP contribution in [0.15, 0.2) is 60.9 Å². The zero-order chi connectivity index (χ0) is 26.9. The Kier molecular flexibility index (Phi) is 6.85. The first-order valence-electron chi connectivity index (χ1n) is 13.9. The number of aryl methyl sites for hydroxylation is 2. The fourth-order valence-electron chi connectivity index (χ4n) is 6.04. The van der Waals surface area contributed by atoms with Gasteiger partial charge in [-0.05, 0) is 50.5 Å². The molecule has 0 atom stereocenters. The second-order valence-electron chi connectivity index (χ2n) is 10.7. The number of hydrogen-bond acceptors (Lipinski definition) is 6. The molecule has 2 aromatic heterocycles. The van der Waals surface area contributed by atoms with Gasteiger partial charge in [-0.25, -0.2) is 9.50 Å². The van der Waals surface area contributed by atoms with Crippen LogP contribution < -0.4 is 14.5 Å². The average Bonchev–Trinajstić information content (AvgIpc) is 3.41. The molecule has 4 aromatic rings. The first-order valence-corrected chi connectivity index (χ1v) is 13.9. The number of carbonyl (C=O) groups is 1. The number of piperazine rings is 1. The van der Waals surface area contributed by atoms with Crippen LogP contribution in [0.4, 0.5) is 11.5 Å². The van der Waals surface area contributed by atoms with Crippen LogP contribution in [-0.4, -0.2) is 71.8 Å². The molecule has 0 saturated carbocycles. The van der Waals surface area contributed by atoms with E-state index < -0.39 is 0 Å². The minimum Gasteiger partial charge on any atom is -0.495 e. The zero-order valence-electron chi connectivity index (χ0n) is 23.0. The lowest BCUT2D eigenvalue weighted by Gasteiger charge is -2.39. The first-order chi connectivity index (χ1) is 19.0. The Hall–Kier alpha value is -4.07. The van der Waals surface area contributed by atoms with Gasteiger partial charge >= 0.3 is 0 Å². The van der Waals surface area contributed by atoms with E-state index in [0.29, 0.717) is 5.91 Å². The second-order valence-corrected chi connectivity index (χ2v) is 10.7. The Labute approximate surface area is 229 Å². The van der Waals surface area contributed by atoms with Crippen molar-refractivity contribution in [3.8, 4) is 17.0 Å². The Morgan fingerprint density at radius 3 is 2.44 bits per heavy atom. The highest BCUT2D eigenvalue weighted by molar-refractivity contribution is 5.80. The average molecular weight is 525 g/mol. The molecule has 0 spiro atoms. The molecule has 0 unspecified atom stereocenters. The van der Waals surface area contributed by atoms with E-state index in [1.807, 2.05) is 35.1 Å². The second kappa shape index (κ2) is 10.6. The van der Waals surface area contributed by atoms with Crippen LogP contribution in [0.5, 0.6) is 5.75 Å². The number of ether oxygens (including phenoxy) is 1. The van der Waals surface area contributed by atoms with Gasteiger partial charge in [0.2, 0.25) is 5.91 Å². The number of anilines is 2. The van der Waals surface area contributed by atoms with Gasteiger partial charge in [-0.15, -0.1) is 0 Å². The van der Waals surface area contributed by atoms with Gasteiger partial charge in [0.25, 0.3) is 0 Å². The topological polar surface area (TPSA) is 66.2 Å². The highest BCUT2D eigenvalue weighted by atomic mass is 16.5. The van der Waals surface area contributed by atoms with E-state index >= 15 is 0 Å². The molecule has 0 radical (unpaired) electrons. The molecule has 8 heteroatoms. The normalized spacial score (nSPS) is 16.6. The van der Waals surface area contributed by atoms with Crippen LogP contribution in [0.2, 0.25) is 0 Å². The predicted octanol–water partition coefficient (Wildman–Crippen LogP) is 4.59. The monoisotopic (exact) mass is 524 g/mol. The lowest BCUT2D eigenvalue weighted by molar-refractivity contribution is -0.136. The van der Waals surface area contributed by atoms with Crippen molar-refractivity contribution in [3.63, 3.8) is 0 Å². The third-order valence-electron chi connectivity index (χ3n) is 8.19. The third-order valence-corrected chi connectivity index (χ3v) is 8.19. The molecule has 6 rings (SSSR count). The molecule has 39 heavy (non-hydrogen) atoms. The number of piperidine rings is 1. The number of fused-ring (bicyclic) bond motifs is 1. The minimum atomic E-state index is 0.0643. The number of aromatic nitrogens is 3. The molecule has 2 aliphatic heterocycles. The molecular formula is C31H36N6O2. The van der Waals surface area contributed by atoms with Gasteiger partial charge in [0.1, 0.15) is 11.3 Å². The number of carbonyl (C=O) groups excluding carboxylic acids is 1. The molecule has 202 valence electrons. The highest BCUT2D eigenvalue weighted by Gasteiger charge is 2.32. The number of para-hydroxylation sites is 2. The maximum atomic E-state index is 13.4. The van der Waals surface area contributed by atoms with Crippen LogP contribution in [-0.2, 0) is 4.79 Å². The number of benzene rings is 2. The van der Waals surface area contributed by atoms with Crippen molar-refractivity contribution in [3.05, 3.63) is 72.1 Å². The summed E-state index contributed by atoms with van der Waals surface area (Å²) in [4.78, 5) is 24.8. The standard InChI is InChI=1S/C31H36N6O2/c1-22-8-9-25(23(2)20-22)26-21-28-30(32-12-15-37(28)33-26)35-13-10-24(11-14-35)31(38)36-18-16-34(17-19-36)27-6-4-5-7-29(27)39-3/h4-9,12,15,20-21,24H,10-11,13-14,16-19H2,1-3H3. The van der Waals surface area contributed by atoms with E-state index in [1.54, 1.807) is 7.11 Å². The van der Waals surface area contributed by atoms with Crippen LogP contribution in [0.1, 0.15) is 24.0 Å². The van der Waals surface area contributed by atoms with Crippen LogP contribution >= 0.6 is 0 Å². The van der Waals surface area contributed by atoms with Crippen molar-refractivity contribution in [1.29, 1.82) is 0 Å². The van der Waals surface area contributed by atoms with Crippen molar-refractivity contribution in [1.82, 2.24) is 19.5 Å². The Balaban J connectivity index is 1.10. The summed E-state index contributed by atoms with van der Waals surface area (Å²) in [6.45, 7) is 9.00. The summed E-state index contributed by atoms with van der Waals surface area (Å²) < 4.78 is 7.46. The number of nitrogens with zero attached hydrogens (tertiary/aromatic N) is 6. The van der Waals surface area contributed by atoms with E-state index in [1.165, 1.54) is 11.1 Å². The van der Waals surface area contributed by atoms with Crippen molar-refractivity contribution >= 4 is 22.9 Å². The molecule has 2 aliphatic rings. The number of hydrogen-bond donors (Lipinski definition) is 0. The van der Waals surface area contributed by atoms with E-state index in [4.69, 9.17) is 14.8 Å². The fourth-order valence-corrected chi connectivity index (χ4v) is 6.04. The third kappa shape index (κ3) is 4.91. The van der Waals surface area contributed by atoms with E-state index in [2.05, 4.69) is 58.9 Å². The minimum absolute atomic E-state index is 0.0643. The van der Waals surface area contributed by atoms with Crippen LogP contribution in [0.25, 0.3) is 16.8 Å². The summed E-state index contributed by atoms with van der Waals surface area (Å²) in [5.41, 5.74) is 6.67. The molecule has 4 heterocycles. The van der Waals surface area contributed by atoms with Crippen LogP contribution in [0.3, 0.4) is 0 Å². The number of amides is 1. The number of rotatable bonds is 5. The van der Waals surface area contributed by atoms with E-state index in [-0.39, 0.29) is 5.92 Å². The van der Waals surface area contributed by atoms with Crippen molar-refractivity contribution < 1.29 is 9.53 Å². The zero-order valence-corrected chi connectivity index (χ0v) is 23.0. The summed E-state index contributed by atoms with van der Waals surface area (Å²) >= 11 is 0. The molecule has 8 nitrogen and oxygen atoms in total. The molecule has 2 saturated heterocycles. The summed E-state index contributed by atoms with van der Waals surface area (Å²) in [6.07, 6.45) is 5.41. The maximum Gasteiger partial charge on any atom is 0.225 e.